The molecule has 88 valence electrons. The Hall–Kier alpha value is -0.940. The number of rotatable bonds is 3. The van der Waals surface area contributed by atoms with Crippen molar-refractivity contribution < 1.29 is 14.3 Å². The normalized spacial score (nSPS) is 12.6. The summed E-state index contributed by atoms with van der Waals surface area (Å²) >= 11 is 3.30. The molecule has 0 amide bonds. The number of halogens is 2. The molecular formula is C11H13BrFNO2. The highest BCUT2D eigenvalue weighted by Gasteiger charge is 2.20. The largest absolute Gasteiger partial charge is 0.481 e. The van der Waals surface area contributed by atoms with Gasteiger partial charge in [0.1, 0.15) is 5.82 Å². The van der Waals surface area contributed by atoms with Crippen molar-refractivity contribution >= 4 is 21.9 Å². The molecule has 16 heavy (non-hydrogen) atoms. The zero-order chi connectivity index (χ0) is 12.5. The Bertz CT molecular complexity index is 408. The quantitative estimate of drug-likeness (QED) is 0.899. The third-order valence-corrected chi connectivity index (χ3v) is 3.28. The third-order valence-electron chi connectivity index (χ3n) is 2.45. The first-order valence-corrected chi connectivity index (χ1v) is 5.56. The van der Waals surface area contributed by atoms with E-state index in [-0.39, 0.29) is 12.0 Å². The standard InChI is InChI=1S/C11H13BrFNO2/c1-5-3-7(12)6(2)10(11(5)13)8(14)4-9(15)16/h3,8H,4,14H2,1-2H3,(H,15,16). The first kappa shape index (κ1) is 13.1. The van der Waals surface area contributed by atoms with Gasteiger partial charge in [0.25, 0.3) is 0 Å². The molecule has 0 fully saturated rings. The molecule has 0 spiro atoms. The molecule has 1 unspecified atom stereocenters. The molecule has 0 saturated heterocycles. The molecule has 5 heteroatoms. The van der Waals surface area contributed by atoms with Gasteiger partial charge in [-0.05, 0) is 31.0 Å². The van der Waals surface area contributed by atoms with Crippen molar-refractivity contribution in [1.82, 2.24) is 0 Å². The maximum absolute atomic E-state index is 13.8. The van der Waals surface area contributed by atoms with Gasteiger partial charge in [-0.1, -0.05) is 15.9 Å². The van der Waals surface area contributed by atoms with Gasteiger partial charge in [0.05, 0.1) is 6.42 Å². The summed E-state index contributed by atoms with van der Waals surface area (Å²) in [4.78, 5) is 10.6. The van der Waals surface area contributed by atoms with E-state index in [0.717, 1.165) is 4.47 Å². The van der Waals surface area contributed by atoms with Crippen LogP contribution < -0.4 is 5.73 Å². The fourth-order valence-corrected chi connectivity index (χ4v) is 2.16. The van der Waals surface area contributed by atoms with Gasteiger partial charge in [0.15, 0.2) is 0 Å². The van der Waals surface area contributed by atoms with E-state index >= 15 is 0 Å². The fourth-order valence-electron chi connectivity index (χ4n) is 1.60. The fraction of sp³-hybridized carbons (Fsp3) is 0.364. The Labute approximate surface area is 102 Å². The van der Waals surface area contributed by atoms with Gasteiger partial charge < -0.3 is 10.8 Å². The highest BCUT2D eigenvalue weighted by atomic mass is 79.9. The molecule has 1 aromatic carbocycles. The number of benzene rings is 1. The zero-order valence-electron chi connectivity index (χ0n) is 9.05. The second kappa shape index (κ2) is 4.93. The van der Waals surface area contributed by atoms with Crippen molar-refractivity contribution in [2.45, 2.75) is 26.3 Å². The maximum Gasteiger partial charge on any atom is 0.305 e. The average Bonchev–Trinajstić information content (AvgIpc) is 2.14. The molecule has 0 saturated carbocycles. The highest BCUT2D eigenvalue weighted by molar-refractivity contribution is 9.10. The van der Waals surface area contributed by atoms with Crippen LogP contribution in [0.25, 0.3) is 0 Å². The van der Waals surface area contributed by atoms with Crippen molar-refractivity contribution in [3.8, 4) is 0 Å². The van der Waals surface area contributed by atoms with Crippen molar-refractivity contribution in [1.29, 1.82) is 0 Å². The van der Waals surface area contributed by atoms with Crippen LogP contribution in [0, 0.1) is 19.7 Å². The van der Waals surface area contributed by atoms with E-state index in [1.165, 1.54) is 0 Å². The van der Waals surface area contributed by atoms with Gasteiger partial charge >= 0.3 is 5.97 Å². The van der Waals surface area contributed by atoms with Gasteiger partial charge in [0, 0.05) is 16.1 Å². The summed E-state index contributed by atoms with van der Waals surface area (Å²) in [6, 6.07) is 0.829. The van der Waals surface area contributed by atoms with Gasteiger partial charge in [-0.25, -0.2) is 4.39 Å². The first-order valence-electron chi connectivity index (χ1n) is 4.77. The third kappa shape index (κ3) is 2.59. The van der Waals surface area contributed by atoms with Crippen LogP contribution in [0.15, 0.2) is 10.5 Å². The minimum atomic E-state index is -1.04. The Morgan fingerprint density at radius 1 is 1.62 bits per heavy atom. The number of carboxylic acid groups (broad SMARTS) is 1. The zero-order valence-corrected chi connectivity index (χ0v) is 10.6. The van der Waals surface area contributed by atoms with Crippen LogP contribution in [0.4, 0.5) is 4.39 Å². The monoisotopic (exact) mass is 289 g/mol. The molecular weight excluding hydrogens is 277 g/mol. The number of carboxylic acids is 1. The van der Waals surface area contributed by atoms with Crippen molar-refractivity contribution in [3.63, 3.8) is 0 Å². The second-order valence-electron chi connectivity index (χ2n) is 3.73. The molecule has 0 bridgehead atoms. The maximum atomic E-state index is 13.8. The molecule has 0 aromatic heterocycles. The molecule has 0 heterocycles. The lowest BCUT2D eigenvalue weighted by atomic mass is 9.96. The number of hydrogen-bond acceptors (Lipinski definition) is 2. The van der Waals surface area contributed by atoms with Gasteiger partial charge in [0.2, 0.25) is 0 Å². The topological polar surface area (TPSA) is 63.3 Å². The molecule has 1 atom stereocenters. The van der Waals surface area contributed by atoms with E-state index in [1.54, 1.807) is 19.9 Å². The van der Waals surface area contributed by atoms with E-state index in [4.69, 9.17) is 10.8 Å². The summed E-state index contributed by atoms with van der Waals surface area (Å²) in [5, 5.41) is 8.65. The summed E-state index contributed by atoms with van der Waals surface area (Å²) in [6.45, 7) is 3.33. The predicted molar refractivity (Wildman–Crippen MR) is 62.8 cm³/mol. The van der Waals surface area contributed by atoms with Gasteiger partial charge in [-0.15, -0.1) is 0 Å². The van der Waals surface area contributed by atoms with Crippen LogP contribution in [0.2, 0.25) is 0 Å². The number of aliphatic carboxylic acids is 1. The van der Waals surface area contributed by atoms with Crippen molar-refractivity contribution in [2.24, 2.45) is 5.73 Å². The average molecular weight is 290 g/mol. The molecule has 1 rings (SSSR count). The predicted octanol–water partition coefficient (Wildman–Crippen LogP) is 2.68. The lowest BCUT2D eigenvalue weighted by Gasteiger charge is -2.16. The molecule has 1 aromatic rings. The van der Waals surface area contributed by atoms with E-state index in [2.05, 4.69) is 15.9 Å². The minimum absolute atomic E-state index is 0.272. The Morgan fingerprint density at radius 2 is 2.19 bits per heavy atom. The van der Waals surface area contributed by atoms with E-state index in [0.29, 0.717) is 11.1 Å². The Balaban J connectivity index is 3.26. The molecule has 0 aliphatic rings. The van der Waals surface area contributed by atoms with E-state index in [9.17, 15) is 9.18 Å². The first-order chi connectivity index (χ1) is 7.34. The van der Waals surface area contributed by atoms with Crippen LogP contribution in [0.3, 0.4) is 0 Å². The lowest BCUT2D eigenvalue weighted by Crippen LogP contribution is -2.18. The van der Waals surface area contributed by atoms with Crippen LogP contribution in [-0.2, 0) is 4.79 Å². The van der Waals surface area contributed by atoms with Crippen LogP contribution in [0.5, 0.6) is 0 Å². The SMILES string of the molecule is Cc1cc(Br)c(C)c(C(N)CC(=O)O)c1F. The van der Waals surface area contributed by atoms with Gasteiger partial charge in [-0.2, -0.15) is 0 Å². The molecule has 3 nitrogen and oxygen atoms in total. The van der Waals surface area contributed by atoms with Crippen LogP contribution >= 0.6 is 15.9 Å². The van der Waals surface area contributed by atoms with E-state index in [1.807, 2.05) is 0 Å². The van der Waals surface area contributed by atoms with Crippen LogP contribution in [-0.4, -0.2) is 11.1 Å². The smallest absolute Gasteiger partial charge is 0.305 e. The Morgan fingerprint density at radius 3 is 2.69 bits per heavy atom. The molecule has 0 aliphatic carbocycles. The Kier molecular flexibility index (Phi) is 4.04. The summed E-state index contributed by atoms with van der Waals surface area (Å²) in [5.41, 5.74) is 7.07. The second-order valence-corrected chi connectivity index (χ2v) is 4.59. The summed E-state index contributed by atoms with van der Waals surface area (Å²) in [5.74, 6) is -1.46. The summed E-state index contributed by atoms with van der Waals surface area (Å²) in [7, 11) is 0. The molecule has 3 N–H and O–H groups in total. The van der Waals surface area contributed by atoms with Crippen molar-refractivity contribution in [2.75, 3.05) is 0 Å². The summed E-state index contributed by atoms with van der Waals surface area (Å²) < 4.78 is 14.6. The van der Waals surface area contributed by atoms with Crippen LogP contribution in [0.1, 0.15) is 29.2 Å². The summed E-state index contributed by atoms with van der Waals surface area (Å²) in [6.07, 6.45) is -0.284. The van der Waals surface area contributed by atoms with Crippen molar-refractivity contribution in [3.05, 3.63) is 33.0 Å². The number of carbonyl (C=O) groups is 1. The number of hydrogen-bond donors (Lipinski definition) is 2. The lowest BCUT2D eigenvalue weighted by molar-refractivity contribution is -0.137. The molecule has 0 radical (unpaired) electrons. The highest BCUT2D eigenvalue weighted by Crippen LogP contribution is 2.30. The molecule has 0 aliphatic heterocycles. The number of nitrogens with two attached hydrogens (primary N) is 1. The van der Waals surface area contributed by atoms with Gasteiger partial charge in [-0.3, -0.25) is 4.79 Å². The minimum Gasteiger partial charge on any atom is -0.481 e. The number of aryl methyl sites for hydroxylation is 1. The van der Waals surface area contributed by atoms with E-state index < -0.39 is 17.8 Å².